The average Bonchev–Trinajstić information content (AvgIpc) is 3.31. The molecule has 8 heteroatoms. The van der Waals surface area contributed by atoms with Crippen molar-refractivity contribution in [2.24, 2.45) is 5.92 Å². The van der Waals surface area contributed by atoms with Crippen molar-refractivity contribution in [3.05, 3.63) is 65.8 Å². The molecule has 0 saturated heterocycles. The SMILES string of the molecule is O=C(/C=C/c1ccc(S(=O)(=O)CCC2CCCCC2)cc1)Nc1nc(-c2cccnc2)cs1. The highest BCUT2D eigenvalue weighted by molar-refractivity contribution is 7.91. The number of sulfone groups is 1. The van der Waals surface area contributed by atoms with E-state index in [9.17, 15) is 13.2 Å². The van der Waals surface area contributed by atoms with Crippen LogP contribution in [0.1, 0.15) is 44.1 Å². The fourth-order valence-corrected chi connectivity index (χ4v) is 6.15. The van der Waals surface area contributed by atoms with Crippen LogP contribution in [-0.4, -0.2) is 30.0 Å². The van der Waals surface area contributed by atoms with Crippen LogP contribution in [0.5, 0.6) is 0 Å². The van der Waals surface area contributed by atoms with Gasteiger partial charge in [0.2, 0.25) is 5.91 Å². The van der Waals surface area contributed by atoms with Gasteiger partial charge in [0.15, 0.2) is 15.0 Å². The molecule has 2 heterocycles. The van der Waals surface area contributed by atoms with E-state index in [1.165, 1.54) is 36.7 Å². The lowest BCUT2D eigenvalue weighted by Crippen LogP contribution is -2.14. The first-order chi connectivity index (χ1) is 16.0. The summed E-state index contributed by atoms with van der Waals surface area (Å²) >= 11 is 1.34. The van der Waals surface area contributed by atoms with Crippen molar-refractivity contribution in [3.8, 4) is 11.3 Å². The highest BCUT2D eigenvalue weighted by Crippen LogP contribution is 2.28. The smallest absolute Gasteiger partial charge is 0.250 e. The molecule has 6 nitrogen and oxygen atoms in total. The number of hydrogen-bond acceptors (Lipinski definition) is 6. The molecule has 4 rings (SSSR count). The van der Waals surface area contributed by atoms with Crippen LogP contribution >= 0.6 is 11.3 Å². The normalized spacial score (nSPS) is 15.0. The van der Waals surface area contributed by atoms with E-state index in [1.54, 1.807) is 42.7 Å². The van der Waals surface area contributed by atoms with E-state index in [0.717, 1.165) is 36.1 Å². The number of pyridine rings is 1. The summed E-state index contributed by atoms with van der Waals surface area (Å²) < 4.78 is 25.3. The molecule has 0 spiro atoms. The Morgan fingerprint density at radius 1 is 1.12 bits per heavy atom. The molecular formula is C25H27N3O3S2. The lowest BCUT2D eigenvalue weighted by Gasteiger charge is -2.21. The fraction of sp³-hybridized carbons (Fsp3) is 0.320. The van der Waals surface area contributed by atoms with Crippen molar-refractivity contribution in [1.82, 2.24) is 9.97 Å². The maximum absolute atomic E-state index is 12.7. The Morgan fingerprint density at radius 3 is 2.64 bits per heavy atom. The van der Waals surface area contributed by atoms with Crippen LogP contribution in [0.15, 0.2) is 65.1 Å². The zero-order chi connectivity index (χ0) is 23.1. The number of amides is 1. The molecule has 0 radical (unpaired) electrons. The summed E-state index contributed by atoms with van der Waals surface area (Å²) in [5, 5.41) is 5.12. The molecule has 1 fully saturated rings. The first kappa shape index (κ1) is 23.3. The van der Waals surface area contributed by atoms with E-state index >= 15 is 0 Å². The topological polar surface area (TPSA) is 89.0 Å². The van der Waals surface area contributed by atoms with Gasteiger partial charge in [0.05, 0.1) is 16.3 Å². The van der Waals surface area contributed by atoms with Gasteiger partial charge in [-0.1, -0.05) is 44.2 Å². The van der Waals surface area contributed by atoms with Crippen molar-refractivity contribution < 1.29 is 13.2 Å². The second-order valence-corrected chi connectivity index (χ2v) is 11.3. The summed E-state index contributed by atoms with van der Waals surface area (Å²) in [6.45, 7) is 0. The van der Waals surface area contributed by atoms with Crippen molar-refractivity contribution in [2.45, 2.75) is 43.4 Å². The lowest BCUT2D eigenvalue weighted by molar-refractivity contribution is -0.111. The van der Waals surface area contributed by atoms with Crippen LogP contribution in [-0.2, 0) is 14.6 Å². The maximum atomic E-state index is 12.7. The summed E-state index contributed by atoms with van der Waals surface area (Å²) in [6, 6.07) is 10.4. The van der Waals surface area contributed by atoms with Crippen molar-refractivity contribution in [3.63, 3.8) is 0 Å². The molecule has 0 atom stereocenters. The number of thiazole rings is 1. The van der Waals surface area contributed by atoms with Crippen LogP contribution in [0.2, 0.25) is 0 Å². The molecule has 2 aromatic heterocycles. The molecule has 1 N–H and O–H groups in total. The van der Waals surface area contributed by atoms with E-state index in [2.05, 4.69) is 15.3 Å². The maximum Gasteiger partial charge on any atom is 0.250 e. The van der Waals surface area contributed by atoms with Gasteiger partial charge in [-0.05, 0) is 48.2 Å². The summed E-state index contributed by atoms with van der Waals surface area (Å²) in [5.41, 5.74) is 2.40. The van der Waals surface area contributed by atoms with E-state index in [-0.39, 0.29) is 11.7 Å². The number of hydrogen-bond donors (Lipinski definition) is 1. The van der Waals surface area contributed by atoms with E-state index in [4.69, 9.17) is 0 Å². The molecule has 1 aliphatic rings. The molecule has 1 aliphatic carbocycles. The number of nitrogens with one attached hydrogen (secondary N) is 1. The van der Waals surface area contributed by atoms with Crippen molar-refractivity contribution in [1.29, 1.82) is 0 Å². The van der Waals surface area contributed by atoms with Crippen LogP contribution in [0.4, 0.5) is 5.13 Å². The number of carbonyl (C=O) groups excluding carboxylic acids is 1. The van der Waals surface area contributed by atoms with Gasteiger partial charge in [0, 0.05) is 29.4 Å². The first-order valence-corrected chi connectivity index (χ1v) is 13.7. The van der Waals surface area contributed by atoms with Crippen LogP contribution in [0.25, 0.3) is 17.3 Å². The lowest BCUT2D eigenvalue weighted by atomic mass is 9.88. The van der Waals surface area contributed by atoms with Crippen LogP contribution in [0, 0.1) is 5.92 Å². The number of rotatable bonds is 8. The van der Waals surface area contributed by atoms with Crippen LogP contribution < -0.4 is 5.32 Å². The largest absolute Gasteiger partial charge is 0.298 e. The first-order valence-electron chi connectivity index (χ1n) is 11.2. The second kappa shape index (κ2) is 10.9. The zero-order valence-electron chi connectivity index (χ0n) is 18.3. The Labute approximate surface area is 198 Å². The third-order valence-corrected chi connectivity index (χ3v) is 8.40. The molecular weight excluding hydrogens is 454 g/mol. The summed E-state index contributed by atoms with van der Waals surface area (Å²) in [6.07, 6.45) is 13.2. The Hall–Kier alpha value is -2.84. The van der Waals surface area contributed by atoms with E-state index < -0.39 is 9.84 Å². The molecule has 0 unspecified atom stereocenters. The minimum absolute atomic E-state index is 0.199. The highest BCUT2D eigenvalue weighted by Gasteiger charge is 2.19. The van der Waals surface area contributed by atoms with Gasteiger partial charge < -0.3 is 0 Å². The van der Waals surface area contributed by atoms with Gasteiger partial charge in [-0.15, -0.1) is 11.3 Å². The zero-order valence-corrected chi connectivity index (χ0v) is 19.9. The molecule has 3 aromatic rings. The quantitative estimate of drug-likeness (QED) is 0.423. The molecule has 172 valence electrons. The Bertz CT molecular complexity index is 1200. The highest BCUT2D eigenvalue weighted by atomic mass is 32.2. The Morgan fingerprint density at radius 2 is 1.91 bits per heavy atom. The molecule has 33 heavy (non-hydrogen) atoms. The number of anilines is 1. The van der Waals surface area contributed by atoms with Gasteiger partial charge in [-0.3, -0.25) is 15.1 Å². The molecule has 0 bridgehead atoms. The van der Waals surface area contributed by atoms with E-state index in [0.29, 0.717) is 15.9 Å². The Balaban J connectivity index is 1.31. The summed E-state index contributed by atoms with van der Waals surface area (Å²) in [5.74, 6) is 0.434. The minimum atomic E-state index is -3.28. The molecule has 0 aliphatic heterocycles. The number of nitrogens with zero attached hydrogens (tertiary/aromatic N) is 2. The fourth-order valence-electron chi connectivity index (χ4n) is 4.00. The van der Waals surface area contributed by atoms with Gasteiger partial charge >= 0.3 is 0 Å². The predicted octanol–water partition coefficient (Wildman–Crippen LogP) is 5.60. The van der Waals surface area contributed by atoms with Crippen molar-refractivity contribution in [2.75, 3.05) is 11.1 Å². The van der Waals surface area contributed by atoms with Crippen LogP contribution in [0.3, 0.4) is 0 Å². The minimum Gasteiger partial charge on any atom is -0.298 e. The van der Waals surface area contributed by atoms with Gasteiger partial charge in [0.1, 0.15) is 0 Å². The molecule has 1 saturated carbocycles. The summed E-state index contributed by atoms with van der Waals surface area (Å²) in [4.78, 5) is 21.1. The van der Waals surface area contributed by atoms with Gasteiger partial charge in [-0.2, -0.15) is 0 Å². The Kier molecular flexibility index (Phi) is 7.67. The summed E-state index contributed by atoms with van der Waals surface area (Å²) in [7, 11) is -3.28. The predicted molar refractivity (Wildman–Crippen MR) is 133 cm³/mol. The monoisotopic (exact) mass is 481 g/mol. The molecule has 1 aromatic carbocycles. The van der Waals surface area contributed by atoms with Crippen molar-refractivity contribution >= 4 is 38.3 Å². The molecule has 1 amide bonds. The number of aromatic nitrogens is 2. The third kappa shape index (κ3) is 6.58. The standard InChI is InChI=1S/C25H27N3O3S2/c29-24(28-25-27-23(18-32-25)21-7-4-15-26-17-21)13-10-20-8-11-22(12-9-20)33(30,31)16-14-19-5-2-1-3-6-19/h4,7-13,15,17-19H,1-3,5-6,14,16H2,(H,27,28,29)/b13-10+. The third-order valence-electron chi connectivity index (χ3n) is 5.88. The van der Waals surface area contributed by atoms with Gasteiger partial charge in [0.25, 0.3) is 0 Å². The average molecular weight is 482 g/mol. The number of carbonyl (C=O) groups is 1. The number of benzene rings is 1. The van der Waals surface area contributed by atoms with Gasteiger partial charge in [-0.25, -0.2) is 13.4 Å². The van der Waals surface area contributed by atoms with E-state index in [1.807, 2.05) is 17.5 Å². The second-order valence-electron chi connectivity index (χ2n) is 8.28.